The van der Waals surface area contributed by atoms with Crippen LogP contribution in [-0.4, -0.2) is 79.8 Å². The van der Waals surface area contributed by atoms with E-state index in [1.54, 1.807) is 4.90 Å². The van der Waals surface area contributed by atoms with Crippen LogP contribution >= 0.6 is 11.6 Å². The molecule has 140 valence electrons. The Hall–Kier alpha value is -0.570. The molecule has 2 rings (SSSR count). The summed E-state index contributed by atoms with van der Waals surface area (Å²) in [7, 11) is -3.31. The first kappa shape index (κ1) is 19.8. The Morgan fingerprint density at radius 3 is 2.29 bits per heavy atom. The van der Waals surface area contributed by atoms with Crippen LogP contribution in [0.3, 0.4) is 0 Å². The predicted molar refractivity (Wildman–Crippen MR) is 93.8 cm³/mol. The normalized spacial score (nSPS) is 26.1. The largest absolute Gasteiger partial charge is 0.444 e. The van der Waals surface area contributed by atoms with Crippen molar-refractivity contribution in [2.24, 2.45) is 0 Å². The van der Waals surface area contributed by atoms with E-state index in [2.05, 4.69) is 9.62 Å². The monoisotopic (exact) mass is 381 g/mol. The summed E-state index contributed by atoms with van der Waals surface area (Å²) in [5.41, 5.74) is -0.492. The van der Waals surface area contributed by atoms with Crippen molar-refractivity contribution in [3.05, 3.63) is 0 Å². The predicted octanol–water partition coefficient (Wildman–Crippen LogP) is 1.23. The molecule has 1 unspecified atom stereocenters. The maximum absolute atomic E-state index is 12.1. The highest BCUT2D eigenvalue weighted by Gasteiger charge is 2.39. The lowest BCUT2D eigenvalue weighted by atomic mass is 9.99. The molecule has 2 fully saturated rings. The number of alkyl halides is 1. The van der Waals surface area contributed by atoms with Gasteiger partial charge in [0.2, 0.25) is 10.0 Å². The Bertz CT molecular complexity index is 541. The van der Waals surface area contributed by atoms with Crippen LogP contribution in [0, 0.1) is 0 Å². The number of nitrogens with one attached hydrogen (secondary N) is 1. The van der Waals surface area contributed by atoms with Gasteiger partial charge in [-0.05, 0) is 33.6 Å². The third-order valence-corrected chi connectivity index (χ3v) is 6.92. The SMILES string of the molecule is CC(C)(C)OC(=O)N1CCN(CCNS(=O)(=O)[C@@H]2CCC2Cl)CC1. The van der Waals surface area contributed by atoms with Crippen LogP contribution < -0.4 is 4.72 Å². The molecule has 0 radical (unpaired) electrons. The second-order valence-electron chi connectivity index (χ2n) is 7.38. The molecular formula is C15H28ClN3O4S. The maximum Gasteiger partial charge on any atom is 0.410 e. The Morgan fingerprint density at radius 1 is 1.21 bits per heavy atom. The minimum Gasteiger partial charge on any atom is -0.444 e. The molecule has 7 nitrogen and oxygen atoms in total. The third-order valence-electron chi connectivity index (χ3n) is 4.28. The Labute approximate surface area is 149 Å². The van der Waals surface area contributed by atoms with Gasteiger partial charge < -0.3 is 9.64 Å². The average molecular weight is 382 g/mol. The lowest BCUT2D eigenvalue weighted by Crippen LogP contribution is -2.52. The fourth-order valence-electron chi connectivity index (χ4n) is 2.71. The van der Waals surface area contributed by atoms with Gasteiger partial charge in [-0.3, -0.25) is 4.90 Å². The van der Waals surface area contributed by atoms with Gasteiger partial charge in [0.15, 0.2) is 0 Å². The van der Waals surface area contributed by atoms with Crippen molar-refractivity contribution in [2.45, 2.75) is 49.8 Å². The molecule has 1 aliphatic carbocycles. The van der Waals surface area contributed by atoms with Crippen LogP contribution in [-0.2, 0) is 14.8 Å². The Kier molecular flexibility index (Phi) is 6.39. The summed E-state index contributed by atoms with van der Waals surface area (Å²) in [4.78, 5) is 15.8. The number of amides is 1. The molecule has 1 aliphatic heterocycles. The van der Waals surface area contributed by atoms with Gasteiger partial charge in [-0.25, -0.2) is 17.9 Å². The number of hydrogen-bond acceptors (Lipinski definition) is 5. The van der Waals surface area contributed by atoms with E-state index in [0.29, 0.717) is 45.7 Å². The topological polar surface area (TPSA) is 79.0 Å². The Balaban J connectivity index is 1.67. The summed E-state index contributed by atoms with van der Waals surface area (Å²) >= 11 is 5.94. The molecule has 1 N–H and O–H groups in total. The molecule has 1 amide bonds. The zero-order valence-electron chi connectivity index (χ0n) is 14.6. The number of ether oxygens (including phenoxy) is 1. The van der Waals surface area contributed by atoms with Crippen LogP contribution in [0.15, 0.2) is 0 Å². The molecule has 1 saturated carbocycles. The van der Waals surface area contributed by atoms with Crippen molar-refractivity contribution in [2.75, 3.05) is 39.3 Å². The highest BCUT2D eigenvalue weighted by molar-refractivity contribution is 7.90. The molecule has 24 heavy (non-hydrogen) atoms. The molecule has 0 aromatic heterocycles. The summed E-state index contributed by atoms with van der Waals surface area (Å²) < 4.78 is 32.1. The number of sulfonamides is 1. The number of carbonyl (C=O) groups is 1. The van der Waals surface area contributed by atoms with E-state index in [1.807, 2.05) is 20.8 Å². The van der Waals surface area contributed by atoms with Crippen molar-refractivity contribution in [3.8, 4) is 0 Å². The van der Waals surface area contributed by atoms with Crippen LogP contribution in [0.5, 0.6) is 0 Å². The van der Waals surface area contributed by atoms with E-state index in [9.17, 15) is 13.2 Å². The zero-order chi connectivity index (χ0) is 18.0. The molecule has 1 heterocycles. The molecular weight excluding hydrogens is 354 g/mol. The molecule has 0 aromatic rings. The number of hydrogen-bond donors (Lipinski definition) is 1. The maximum atomic E-state index is 12.1. The van der Waals surface area contributed by atoms with E-state index in [1.165, 1.54) is 0 Å². The van der Waals surface area contributed by atoms with E-state index in [-0.39, 0.29) is 11.5 Å². The first-order valence-electron chi connectivity index (χ1n) is 8.41. The van der Waals surface area contributed by atoms with Gasteiger partial charge in [0.1, 0.15) is 5.60 Å². The second-order valence-corrected chi connectivity index (χ2v) is 9.92. The van der Waals surface area contributed by atoms with E-state index in [0.717, 1.165) is 6.42 Å². The summed E-state index contributed by atoms with van der Waals surface area (Å²) in [6.07, 6.45) is 1.11. The smallest absolute Gasteiger partial charge is 0.410 e. The van der Waals surface area contributed by atoms with Crippen LogP contribution in [0.4, 0.5) is 4.79 Å². The van der Waals surface area contributed by atoms with Gasteiger partial charge in [-0.15, -0.1) is 11.6 Å². The quantitative estimate of drug-likeness (QED) is 0.724. The van der Waals surface area contributed by atoms with Gasteiger partial charge in [0.25, 0.3) is 0 Å². The van der Waals surface area contributed by atoms with Gasteiger partial charge in [0, 0.05) is 39.3 Å². The van der Waals surface area contributed by atoms with Crippen molar-refractivity contribution < 1.29 is 17.9 Å². The lowest BCUT2D eigenvalue weighted by Gasteiger charge is -2.36. The Morgan fingerprint density at radius 2 is 1.83 bits per heavy atom. The second kappa shape index (κ2) is 7.76. The fraction of sp³-hybridized carbons (Fsp3) is 0.933. The average Bonchev–Trinajstić information content (AvgIpc) is 2.43. The van der Waals surface area contributed by atoms with Gasteiger partial charge in [-0.2, -0.15) is 0 Å². The van der Waals surface area contributed by atoms with Crippen molar-refractivity contribution in [1.82, 2.24) is 14.5 Å². The van der Waals surface area contributed by atoms with E-state index < -0.39 is 20.9 Å². The molecule has 0 bridgehead atoms. The van der Waals surface area contributed by atoms with Gasteiger partial charge in [-0.1, -0.05) is 0 Å². The molecule has 0 spiro atoms. The lowest BCUT2D eigenvalue weighted by molar-refractivity contribution is 0.0147. The van der Waals surface area contributed by atoms with Gasteiger partial charge >= 0.3 is 6.09 Å². The van der Waals surface area contributed by atoms with Crippen molar-refractivity contribution in [3.63, 3.8) is 0 Å². The molecule has 1 saturated heterocycles. The van der Waals surface area contributed by atoms with E-state index >= 15 is 0 Å². The minimum atomic E-state index is -3.31. The molecule has 2 atom stereocenters. The highest BCUT2D eigenvalue weighted by Crippen LogP contribution is 2.30. The minimum absolute atomic E-state index is 0.264. The van der Waals surface area contributed by atoms with Crippen LogP contribution in [0.1, 0.15) is 33.6 Å². The zero-order valence-corrected chi connectivity index (χ0v) is 16.2. The first-order valence-corrected chi connectivity index (χ1v) is 10.4. The number of piperazine rings is 1. The van der Waals surface area contributed by atoms with Crippen LogP contribution in [0.2, 0.25) is 0 Å². The highest BCUT2D eigenvalue weighted by atomic mass is 35.5. The van der Waals surface area contributed by atoms with E-state index in [4.69, 9.17) is 16.3 Å². The summed E-state index contributed by atoms with van der Waals surface area (Å²) in [6, 6.07) is 0. The summed E-state index contributed by atoms with van der Waals surface area (Å²) in [5, 5.41) is -0.719. The van der Waals surface area contributed by atoms with Crippen LogP contribution in [0.25, 0.3) is 0 Å². The van der Waals surface area contributed by atoms with Crippen molar-refractivity contribution >= 4 is 27.7 Å². The number of rotatable bonds is 5. The molecule has 9 heteroatoms. The van der Waals surface area contributed by atoms with Gasteiger partial charge in [0.05, 0.1) is 10.6 Å². The fourth-order valence-corrected chi connectivity index (χ4v) is 4.93. The standard InChI is InChI=1S/C15H28ClN3O4S/c1-15(2,3)23-14(20)19-10-8-18(9-11-19)7-6-17-24(21,22)13-5-4-12(13)16/h12-13,17H,4-11H2,1-3H3/t12?,13-/m1/s1. The number of halogens is 1. The summed E-state index contributed by atoms with van der Waals surface area (Å²) in [6.45, 7) is 9.14. The number of nitrogens with zero attached hydrogens (tertiary/aromatic N) is 2. The van der Waals surface area contributed by atoms with Crippen molar-refractivity contribution in [1.29, 1.82) is 0 Å². The summed E-state index contributed by atoms with van der Waals surface area (Å²) in [5.74, 6) is 0. The molecule has 2 aliphatic rings. The number of carbonyl (C=O) groups excluding carboxylic acids is 1. The molecule has 0 aromatic carbocycles. The first-order chi connectivity index (χ1) is 11.1. The third kappa shape index (κ3) is 5.47.